The van der Waals surface area contributed by atoms with Crippen LogP contribution in [-0.2, 0) is 4.79 Å². The van der Waals surface area contributed by atoms with E-state index in [2.05, 4.69) is 25.6 Å². The van der Waals surface area contributed by atoms with Crippen LogP contribution >= 0.6 is 11.3 Å². The van der Waals surface area contributed by atoms with Gasteiger partial charge >= 0.3 is 0 Å². The van der Waals surface area contributed by atoms with Crippen LogP contribution in [0.25, 0.3) is 0 Å². The van der Waals surface area contributed by atoms with E-state index in [-0.39, 0.29) is 23.7 Å². The average Bonchev–Trinajstić information content (AvgIpc) is 2.74. The zero-order chi connectivity index (χ0) is 14.7. The number of hydrogen-bond donors (Lipinski definition) is 2. The van der Waals surface area contributed by atoms with E-state index in [4.69, 9.17) is 0 Å². The van der Waals surface area contributed by atoms with E-state index in [9.17, 15) is 9.18 Å². The lowest BCUT2D eigenvalue weighted by atomic mass is 10.3. The number of aromatic nitrogens is 3. The van der Waals surface area contributed by atoms with Crippen molar-refractivity contribution in [3.63, 3.8) is 0 Å². The number of halogens is 1. The number of aryl methyl sites for hydroxylation is 1. The minimum atomic E-state index is -0.260. The van der Waals surface area contributed by atoms with Gasteiger partial charge in [-0.2, -0.15) is 15.0 Å². The highest BCUT2D eigenvalue weighted by atomic mass is 32.1. The van der Waals surface area contributed by atoms with Crippen molar-refractivity contribution in [1.82, 2.24) is 15.0 Å². The topological polar surface area (TPSA) is 79.8 Å². The Kier molecular flexibility index (Phi) is 4.23. The van der Waals surface area contributed by atoms with Gasteiger partial charge in [-0.25, -0.2) is 4.39 Å². The molecule has 2 aromatic rings. The molecule has 0 aromatic carbocycles. The van der Waals surface area contributed by atoms with Crippen LogP contribution in [0.5, 0.6) is 0 Å². The second-order valence-corrected chi connectivity index (χ2v) is 5.19. The maximum atomic E-state index is 13.0. The summed E-state index contributed by atoms with van der Waals surface area (Å²) < 4.78 is 13.0. The number of rotatable bonds is 4. The number of nitrogens with one attached hydrogen (secondary N) is 2. The number of carbonyl (C=O) groups excluding carboxylic acids is 1. The summed E-state index contributed by atoms with van der Waals surface area (Å²) in [5, 5.41) is 7.00. The summed E-state index contributed by atoms with van der Waals surface area (Å²) in [6.45, 7) is 4.96. The van der Waals surface area contributed by atoms with E-state index in [1.165, 1.54) is 29.7 Å². The van der Waals surface area contributed by atoms with E-state index in [0.717, 1.165) is 4.88 Å². The Bertz CT molecular complexity index is 630. The number of hydrogen-bond acceptors (Lipinski definition) is 6. The molecule has 6 nitrogen and oxygen atoms in total. The molecular formula is C12H14FN5OS. The molecule has 0 saturated heterocycles. The van der Waals surface area contributed by atoms with Gasteiger partial charge in [0, 0.05) is 17.2 Å². The molecular weight excluding hydrogens is 281 g/mol. The fourth-order valence-electron chi connectivity index (χ4n) is 1.58. The molecule has 0 fully saturated rings. The molecule has 1 atom stereocenters. The van der Waals surface area contributed by atoms with Gasteiger partial charge in [-0.15, -0.1) is 11.3 Å². The Labute approximate surface area is 119 Å². The zero-order valence-electron chi connectivity index (χ0n) is 11.3. The van der Waals surface area contributed by atoms with E-state index in [0.29, 0.717) is 11.8 Å². The Hall–Kier alpha value is -2.09. The van der Waals surface area contributed by atoms with Gasteiger partial charge in [0.2, 0.25) is 17.8 Å². The van der Waals surface area contributed by atoms with Gasteiger partial charge in [0.1, 0.15) is 11.6 Å². The number of anilines is 2. The Morgan fingerprint density at radius 3 is 2.65 bits per heavy atom. The van der Waals surface area contributed by atoms with E-state index in [1.54, 1.807) is 6.92 Å². The number of amides is 1. The second-order valence-electron chi connectivity index (χ2n) is 4.24. The van der Waals surface area contributed by atoms with Gasteiger partial charge < -0.3 is 5.32 Å². The van der Waals surface area contributed by atoms with Crippen LogP contribution in [-0.4, -0.2) is 20.9 Å². The molecule has 0 bridgehead atoms. The van der Waals surface area contributed by atoms with E-state index in [1.807, 2.05) is 6.92 Å². The second kappa shape index (κ2) is 5.91. The highest BCUT2D eigenvalue weighted by molar-refractivity contribution is 7.10. The van der Waals surface area contributed by atoms with Gasteiger partial charge in [0.25, 0.3) is 0 Å². The van der Waals surface area contributed by atoms with Crippen LogP contribution in [0, 0.1) is 12.7 Å². The van der Waals surface area contributed by atoms with E-state index < -0.39 is 0 Å². The van der Waals surface area contributed by atoms with Crippen LogP contribution in [0.1, 0.15) is 30.6 Å². The first-order valence-electron chi connectivity index (χ1n) is 5.95. The van der Waals surface area contributed by atoms with Gasteiger partial charge in [0.05, 0.1) is 6.04 Å². The number of thiophene rings is 1. The lowest BCUT2D eigenvalue weighted by Crippen LogP contribution is -2.14. The fraction of sp³-hybridized carbons (Fsp3) is 0.333. The monoisotopic (exact) mass is 295 g/mol. The molecule has 2 aromatic heterocycles. The highest BCUT2D eigenvalue weighted by Gasteiger charge is 2.12. The van der Waals surface area contributed by atoms with Crippen molar-refractivity contribution in [2.75, 3.05) is 10.6 Å². The number of carbonyl (C=O) groups is 1. The minimum Gasteiger partial charge on any atom is -0.347 e. The normalized spacial score (nSPS) is 12.0. The highest BCUT2D eigenvalue weighted by Crippen LogP contribution is 2.23. The third-order valence-electron chi connectivity index (χ3n) is 2.40. The smallest absolute Gasteiger partial charge is 0.234 e. The molecule has 0 radical (unpaired) electrons. The van der Waals surface area contributed by atoms with Crippen LogP contribution < -0.4 is 10.6 Å². The first-order valence-corrected chi connectivity index (χ1v) is 6.82. The van der Waals surface area contributed by atoms with Crippen molar-refractivity contribution in [3.05, 3.63) is 28.0 Å². The Morgan fingerprint density at radius 2 is 2.05 bits per heavy atom. The third kappa shape index (κ3) is 3.70. The van der Waals surface area contributed by atoms with Crippen molar-refractivity contribution < 1.29 is 9.18 Å². The molecule has 0 spiro atoms. The summed E-state index contributed by atoms with van der Waals surface area (Å²) in [5.74, 6) is 0.495. The molecule has 1 amide bonds. The van der Waals surface area contributed by atoms with Gasteiger partial charge in [-0.3, -0.25) is 10.1 Å². The fourth-order valence-corrected chi connectivity index (χ4v) is 2.34. The van der Waals surface area contributed by atoms with Crippen LogP contribution in [0.3, 0.4) is 0 Å². The van der Waals surface area contributed by atoms with Crippen molar-refractivity contribution in [1.29, 1.82) is 0 Å². The maximum Gasteiger partial charge on any atom is 0.234 e. The molecule has 2 rings (SSSR count). The van der Waals surface area contributed by atoms with Crippen molar-refractivity contribution >= 4 is 29.1 Å². The summed E-state index contributed by atoms with van der Waals surface area (Å²) in [6.07, 6.45) is 0. The summed E-state index contributed by atoms with van der Waals surface area (Å²) in [7, 11) is 0. The molecule has 0 aliphatic rings. The SMILES string of the molecule is CC(=O)Nc1nc(C)nc(NC(C)c2cc(F)cs2)n1. The van der Waals surface area contributed by atoms with Crippen molar-refractivity contribution in [2.24, 2.45) is 0 Å². The summed E-state index contributed by atoms with van der Waals surface area (Å²) in [5.41, 5.74) is 0. The summed E-state index contributed by atoms with van der Waals surface area (Å²) in [6, 6.07) is 1.32. The van der Waals surface area contributed by atoms with Crippen molar-refractivity contribution in [2.45, 2.75) is 26.8 Å². The Balaban J connectivity index is 2.16. The summed E-state index contributed by atoms with van der Waals surface area (Å²) in [4.78, 5) is 24.1. The molecule has 0 aliphatic heterocycles. The van der Waals surface area contributed by atoms with Crippen LogP contribution in [0.2, 0.25) is 0 Å². The first-order chi connectivity index (χ1) is 9.44. The molecule has 20 heavy (non-hydrogen) atoms. The predicted octanol–water partition coefficient (Wildman–Crippen LogP) is 2.51. The van der Waals surface area contributed by atoms with Gasteiger partial charge in [-0.1, -0.05) is 0 Å². The summed E-state index contributed by atoms with van der Waals surface area (Å²) >= 11 is 1.32. The first kappa shape index (κ1) is 14.3. The molecule has 8 heteroatoms. The third-order valence-corrected chi connectivity index (χ3v) is 3.48. The number of nitrogens with zero attached hydrogens (tertiary/aromatic N) is 3. The zero-order valence-corrected chi connectivity index (χ0v) is 12.1. The standard InChI is InChI=1S/C12H14FN5OS/c1-6(10-4-9(13)5-20-10)14-11-15-7(2)16-12(18-11)17-8(3)19/h4-6H,1-3H3,(H2,14,15,16,17,18,19). The largest absolute Gasteiger partial charge is 0.347 e. The average molecular weight is 295 g/mol. The quantitative estimate of drug-likeness (QED) is 0.906. The molecule has 106 valence electrons. The van der Waals surface area contributed by atoms with Gasteiger partial charge in [-0.05, 0) is 19.9 Å². The molecule has 2 N–H and O–H groups in total. The maximum absolute atomic E-state index is 13.0. The minimum absolute atomic E-state index is 0.142. The molecule has 0 saturated carbocycles. The van der Waals surface area contributed by atoms with Crippen LogP contribution in [0.15, 0.2) is 11.4 Å². The lowest BCUT2D eigenvalue weighted by Gasteiger charge is -2.12. The van der Waals surface area contributed by atoms with Gasteiger partial charge in [0.15, 0.2) is 0 Å². The Morgan fingerprint density at radius 1 is 1.35 bits per heavy atom. The molecule has 1 unspecified atom stereocenters. The molecule has 2 heterocycles. The predicted molar refractivity (Wildman–Crippen MR) is 75.2 cm³/mol. The van der Waals surface area contributed by atoms with Crippen LogP contribution in [0.4, 0.5) is 16.3 Å². The lowest BCUT2D eigenvalue weighted by molar-refractivity contribution is -0.114. The van der Waals surface area contributed by atoms with Crippen molar-refractivity contribution in [3.8, 4) is 0 Å². The van der Waals surface area contributed by atoms with E-state index >= 15 is 0 Å². The molecule has 0 aliphatic carbocycles.